The average Bonchev–Trinajstić information content (AvgIpc) is 2.90. The summed E-state index contributed by atoms with van der Waals surface area (Å²) in [6.45, 7) is 5.72. The highest BCUT2D eigenvalue weighted by Crippen LogP contribution is 2.26. The topological polar surface area (TPSA) is 27.1 Å². The molecule has 0 saturated carbocycles. The molecule has 0 aliphatic rings. The largest absolute Gasteiger partial charge is 0.493 e. The highest BCUT2D eigenvalue weighted by Gasteiger charge is 2.09. The third-order valence-electron chi connectivity index (χ3n) is 3.47. The Bertz CT molecular complexity index is 780. The molecule has 0 N–H and O–H groups in total. The van der Waals surface area contributed by atoms with Crippen LogP contribution in [0.2, 0.25) is 0 Å². The summed E-state index contributed by atoms with van der Waals surface area (Å²) in [5.41, 5.74) is 2.26. The first-order valence-corrected chi connectivity index (χ1v) is 8.24. The number of hydrogen-bond donors (Lipinski definition) is 0. The van der Waals surface area contributed by atoms with Crippen LogP contribution in [0, 0.1) is 5.92 Å². The van der Waals surface area contributed by atoms with E-state index in [1.165, 1.54) is 0 Å². The Balaban J connectivity index is 1.92. The number of halogens is 1. The number of ether oxygens (including phenoxy) is 1. The van der Waals surface area contributed by atoms with Crippen molar-refractivity contribution in [3.05, 3.63) is 58.7 Å². The van der Waals surface area contributed by atoms with Crippen LogP contribution in [0.3, 0.4) is 0 Å². The number of benzene rings is 2. The zero-order chi connectivity index (χ0) is 15.5. The normalized spacial score (nSPS) is 11.3. The first-order valence-electron chi connectivity index (χ1n) is 7.45. The van der Waals surface area contributed by atoms with Crippen molar-refractivity contribution in [2.45, 2.75) is 20.4 Å². The third-order valence-corrected chi connectivity index (χ3v) is 3.96. The summed E-state index contributed by atoms with van der Waals surface area (Å²) in [4.78, 5) is 0. The maximum Gasteiger partial charge on any atom is 0.124 e. The second kappa shape index (κ2) is 6.53. The number of hydrogen-bond acceptors (Lipinski definition) is 2. The fourth-order valence-corrected chi connectivity index (χ4v) is 2.79. The van der Waals surface area contributed by atoms with Gasteiger partial charge in [0, 0.05) is 15.4 Å². The summed E-state index contributed by atoms with van der Waals surface area (Å²) in [5, 5.41) is 5.66. The number of fused-ring (bicyclic) bond motifs is 1. The fourth-order valence-electron chi connectivity index (χ4n) is 2.38. The van der Waals surface area contributed by atoms with Crippen LogP contribution in [-0.4, -0.2) is 16.4 Å². The van der Waals surface area contributed by atoms with Gasteiger partial charge in [-0.2, -0.15) is 5.10 Å². The molecule has 0 amide bonds. The van der Waals surface area contributed by atoms with Crippen LogP contribution >= 0.6 is 15.9 Å². The van der Waals surface area contributed by atoms with Gasteiger partial charge in [0.25, 0.3) is 0 Å². The lowest BCUT2D eigenvalue weighted by Gasteiger charge is -2.14. The molecule has 3 rings (SSSR count). The highest BCUT2D eigenvalue weighted by atomic mass is 79.9. The lowest BCUT2D eigenvalue weighted by atomic mass is 10.2. The molecule has 0 aliphatic carbocycles. The Kier molecular flexibility index (Phi) is 4.48. The molecular formula is C18H19BrN2O. The molecule has 0 bridgehead atoms. The van der Waals surface area contributed by atoms with Crippen molar-refractivity contribution < 1.29 is 4.74 Å². The Morgan fingerprint density at radius 2 is 2.00 bits per heavy atom. The van der Waals surface area contributed by atoms with Crippen molar-refractivity contribution in [2.75, 3.05) is 6.61 Å². The molecular weight excluding hydrogens is 340 g/mol. The van der Waals surface area contributed by atoms with E-state index in [-0.39, 0.29) is 0 Å². The molecule has 0 atom stereocenters. The molecule has 3 aromatic rings. The van der Waals surface area contributed by atoms with Gasteiger partial charge in [-0.05, 0) is 30.2 Å². The molecule has 0 fully saturated rings. The van der Waals surface area contributed by atoms with Gasteiger partial charge < -0.3 is 4.74 Å². The summed E-state index contributed by atoms with van der Waals surface area (Å²) < 4.78 is 9.02. The van der Waals surface area contributed by atoms with E-state index in [2.05, 4.69) is 53.1 Å². The van der Waals surface area contributed by atoms with Crippen LogP contribution in [0.15, 0.2) is 53.1 Å². The smallest absolute Gasteiger partial charge is 0.124 e. The van der Waals surface area contributed by atoms with Crippen molar-refractivity contribution in [1.29, 1.82) is 0 Å². The van der Waals surface area contributed by atoms with Crippen molar-refractivity contribution in [1.82, 2.24) is 9.78 Å². The van der Waals surface area contributed by atoms with Crippen molar-refractivity contribution in [3.63, 3.8) is 0 Å². The van der Waals surface area contributed by atoms with Crippen molar-refractivity contribution in [2.24, 2.45) is 5.92 Å². The Labute approximate surface area is 139 Å². The minimum atomic E-state index is 0.502. The molecule has 0 aliphatic heterocycles. The average molecular weight is 359 g/mol. The standard InChI is InChI=1S/C18H19BrN2O/c1-13(2)12-22-18-8-7-16(19)9-15(18)11-21-17-6-4-3-5-14(17)10-20-21/h3-10,13H,11-12H2,1-2H3. The zero-order valence-corrected chi connectivity index (χ0v) is 14.4. The van der Waals surface area contributed by atoms with Crippen molar-refractivity contribution >= 4 is 26.8 Å². The van der Waals surface area contributed by atoms with Crippen LogP contribution in [0.25, 0.3) is 10.9 Å². The molecule has 22 heavy (non-hydrogen) atoms. The monoisotopic (exact) mass is 358 g/mol. The minimum Gasteiger partial charge on any atom is -0.493 e. The molecule has 1 heterocycles. The van der Waals surface area contributed by atoms with Gasteiger partial charge in [0.1, 0.15) is 5.75 Å². The van der Waals surface area contributed by atoms with E-state index in [9.17, 15) is 0 Å². The second-order valence-corrected chi connectivity index (χ2v) is 6.73. The maximum atomic E-state index is 5.95. The van der Waals surface area contributed by atoms with Crippen LogP contribution in [0.5, 0.6) is 5.75 Å². The molecule has 0 radical (unpaired) electrons. The van der Waals surface area contributed by atoms with Crippen LogP contribution in [0.1, 0.15) is 19.4 Å². The van der Waals surface area contributed by atoms with Gasteiger partial charge in [-0.1, -0.05) is 48.0 Å². The van der Waals surface area contributed by atoms with Gasteiger partial charge in [0.2, 0.25) is 0 Å². The predicted octanol–water partition coefficient (Wildman–Crippen LogP) is 4.88. The van der Waals surface area contributed by atoms with Crippen LogP contribution in [0.4, 0.5) is 0 Å². The molecule has 3 nitrogen and oxygen atoms in total. The van der Waals surface area contributed by atoms with E-state index in [0.29, 0.717) is 19.1 Å². The zero-order valence-electron chi connectivity index (χ0n) is 12.8. The van der Waals surface area contributed by atoms with E-state index in [0.717, 1.165) is 26.7 Å². The molecule has 4 heteroatoms. The van der Waals surface area contributed by atoms with Gasteiger partial charge in [-0.15, -0.1) is 0 Å². The summed E-state index contributed by atoms with van der Waals surface area (Å²) in [6.07, 6.45) is 1.90. The second-order valence-electron chi connectivity index (χ2n) is 5.82. The number of para-hydroxylation sites is 1. The summed E-state index contributed by atoms with van der Waals surface area (Å²) in [5.74, 6) is 1.43. The van der Waals surface area contributed by atoms with E-state index in [1.807, 2.05) is 35.1 Å². The number of nitrogens with zero attached hydrogens (tertiary/aromatic N) is 2. The van der Waals surface area contributed by atoms with Gasteiger partial charge in [-0.25, -0.2) is 0 Å². The maximum absolute atomic E-state index is 5.95. The first kappa shape index (κ1) is 15.1. The lowest BCUT2D eigenvalue weighted by molar-refractivity contribution is 0.268. The summed E-state index contributed by atoms with van der Waals surface area (Å²) >= 11 is 3.54. The van der Waals surface area contributed by atoms with Gasteiger partial charge in [-0.3, -0.25) is 4.68 Å². The summed E-state index contributed by atoms with van der Waals surface area (Å²) in [7, 11) is 0. The molecule has 2 aromatic carbocycles. The molecule has 0 saturated heterocycles. The van der Waals surface area contributed by atoms with E-state index >= 15 is 0 Å². The predicted molar refractivity (Wildman–Crippen MR) is 93.3 cm³/mol. The Morgan fingerprint density at radius 3 is 2.82 bits per heavy atom. The third kappa shape index (κ3) is 3.33. The van der Waals surface area contributed by atoms with Crippen molar-refractivity contribution in [3.8, 4) is 5.75 Å². The Morgan fingerprint density at radius 1 is 1.18 bits per heavy atom. The van der Waals surface area contributed by atoms with E-state index in [1.54, 1.807) is 0 Å². The molecule has 0 spiro atoms. The summed E-state index contributed by atoms with van der Waals surface area (Å²) in [6, 6.07) is 14.4. The van der Waals surface area contributed by atoms with E-state index < -0.39 is 0 Å². The molecule has 114 valence electrons. The SMILES string of the molecule is CC(C)COc1ccc(Br)cc1Cn1ncc2ccccc21. The van der Waals surface area contributed by atoms with Crippen LogP contribution < -0.4 is 4.74 Å². The first-order chi connectivity index (χ1) is 10.6. The van der Waals surface area contributed by atoms with E-state index in [4.69, 9.17) is 4.74 Å². The fraction of sp³-hybridized carbons (Fsp3) is 0.278. The quantitative estimate of drug-likeness (QED) is 0.649. The van der Waals surface area contributed by atoms with Gasteiger partial charge in [0.15, 0.2) is 0 Å². The number of aromatic nitrogens is 2. The lowest BCUT2D eigenvalue weighted by Crippen LogP contribution is -2.08. The van der Waals surface area contributed by atoms with Crippen LogP contribution in [-0.2, 0) is 6.54 Å². The molecule has 0 unspecified atom stereocenters. The number of rotatable bonds is 5. The Hall–Kier alpha value is -1.81. The highest BCUT2D eigenvalue weighted by molar-refractivity contribution is 9.10. The minimum absolute atomic E-state index is 0.502. The van der Waals surface area contributed by atoms with Gasteiger partial charge >= 0.3 is 0 Å². The van der Waals surface area contributed by atoms with Gasteiger partial charge in [0.05, 0.1) is 24.9 Å². The molecule has 1 aromatic heterocycles.